The fourth-order valence-electron chi connectivity index (χ4n) is 3.33. The number of aromatic nitrogens is 3. The number of amides is 1. The molecule has 0 radical (unpaired) electrons. The molecule has 0 unspecified atom stereocenters. The molecule has 2 aromatic heterocycles. The fraction of sp³-hybridized carbons (Fsp3) is 0.588. The van der Waals surface area contributed by atoms with Crippen LogP contribution in [0.4, 0.5) is 0 Å². The highest BCUT2D eigenvalue weighted by Crippen LogP contribution is 2.29. The summed E-state index contributed by atoms with van der Waals surface area (Å²) in [5.74, 6) is 1.44. The van der Waals surface area contributed by atoms with Gasteiger partial charge in [0.25, 0.3) is 5.91 Å². The quantitative estimate of drug-likeness (QED) is 0.864. The van der Waals surface area contributed by atoms with E-state index in [-0.39, 0.29) is 11.8 Å². The molecule has 1 saturated heterocycles. The number of aryl methyl sites for hydroxylation is 3. The molecule has 1 aliphatic heterocycles. The molecular formula is C17H24N4OS. The van der Waals surface area contributed by atoms with Gasteiger partial charge >= 0.3 is 0 Å². The van der Waals surface area contributed by atoms with E-state index in [4.69, 9.17) is 0 Å². The summed E-state index contributed by atoms with van der Waals surface area (Å²) in [6.45, 7) is 5.87. The lowest BCUT2D eigenvalue weighted by atomic mass is 9.97. The van der Waals surface area contributed by atoms with Gasteiger partial charge in [-0.05, 0) is 37.8 Å². The predicted octanol–water partition coefficient (Wildman–Crippen LogP) is 3.16. The number of carbonyl (C=O) groups excluding carboxylic acids is 1. The van der Waals surface area contributed by atoms with Crippen LogP contribution in [0.2, 0.25) is 0 Å². The van der Waals surface area contributed by atoms with Crippen LogP contribution in [-0.4, -0.2) is 38.7 Å². The molecule has 1 fully saturated rings. The molecular weight excluding hydrogens is 308 g/mol. The van der Waals surface area contributed by atoms with Crippen LogP contribution in [0.25, 0.3) is 0 Å². The molecule has 6 heteroatoms. The number of likely N-dealkylation sites (tertiary alicyclic amines) is 1. The van der Waals surface area contributed by atoms with Crippen molar-refractivity contribution >= 4 is 17.2 Å². The van der Waals surface area contributed by atoms with Gasteiger partial charge in [-0.15, -0.1) is 21.5 Å². The van der Waals surface area contributed by atoms with E-state index in [0.29, 0.717) is 0 Å². The summed E-state index contributed by atoms with van der Waals surface area (Å²) in [5, 5.41) is 8.20. The SMILES string of the molecule is CCCc1cc(C(=O)N2CCC[C@H](c3nncn3C)C2)sc1C. The largest absolute Gasteiger partial charge is 0.337 e. The van der Waals surface area contributed by atoms with Gasteiger partial charge in [-0.2, -0.15) is 0 Å². The van der Waals surface area contributed by atoms with Gasteiger partial charge in [-0.1, -0.05) is 13.3 Å². The molecule has 124 valence electrons. The van der Waals surface area contributed by atoms with Crippen molar-refractivity contribution in [2.45, 2.75) is 45.4 Å². The zero-order chi connectivity index (χ0) is 16.4. The lowest BCUT2D eigenvalue weighted by molar-refractivity contribution is 0.0708. The van der Waals surface area contributed by atoms with Crippen molar-refractivity contribution in [3.05, 3.63) is 33.5 Å². The second-order valence-electron chi connectivity index (χ2n) is 6.33. The predicted molar refractivity (Wildman–Crippen MR) is 91.9 cm³/mol. The molecule has 0 N–H and O–H groups in total. The Morgan fingerprint density at radius 3 is 3.00 bits per heavy atom. The van der Waals surface area contributed by atoms with Gasteiger partial charge in [0.05, 0.1) is 4.88 Å². The van der Waals surface area contributed by atoms with E-state index in [2.05, 4.69) is 30.1 Å². The third kappa shape index (κ3) is 3.32. The van der Waals surface area contributed by atoms with Crippen LogP contribution < -0.4 is 0 Å². The minimum Gasteiger partial charge on any atom is -0.337 e. The summed E-state index contributed by atoms with van der Waals surface area (Å²) in [6, 6.07) is 2.10. The Balaban J connectivity index is 1.74. The molecule has 0 bridgehead atoms. The number of hydrogen-bond acceptors (Lipinski definition) is 4. The number of carbonyl (C=O) groups is 1. The topological polar surface area (TPSA) is 51.0 Å². The van der Waals surface area contributed by atoms with Crippen molar-refractivity contribution in [1.82, 2.24) is 19.7 Å². The van der Waals surface area contributed by atoms with Crippen LogP contribution >= 0.6 is 11.3 Å². The second-order valence-corrected chi connectivity index (χ2v) is 7.59. The Morgan fingerprint density at radius 1 is 1.48 bits per heavy atom. The van der Waals surface area contributed by atoms with E-state index in [1.165, 1.54) is 10.4 Å². The third-order valence-electron chi connectivity index (χ3n) is 4.57. The van der Waals surface area contributed by atoms with Gasteiger partial charge < -0.3 is 9.47 Å². The molecule has 1 atom stereocenters. The van der Waals surface area contributed by atoms with E-state index in [9.17, 15) is 4.79 Å². The normalized spacial score (nSPS) is 18.4. The van der Waals surface area contributed by atoms with Crippen LogP contribution in [0.5, 0.6) is 0 Å². The molecule has 1 aliphatic rings. The van der Waals surface area contributed by atoms with Gasteiger partial charge in [-0.3, -0.25) is 4.79 Å². The van der Waals surface area contributed by atoms with Gasteiger partial charge in [0.15, 0.2) is 0 Å². The number of thiophene rings is 1. The summed E-state index contributed by atoms with van der Waals surface area (Å²) < 4.78 is 1.97. The molecule has 2 aromatic rings. The summed E-state index contributed by atoms with van der Waals surface area (Å²) in [6.07, 6.45) is 5.99. The Labute approximate surface area is 141 Å². The highest BCUT2D eigenvalue weighted by molar-refractivity contribution is 7.14. The number of nitrogens with zero attached hydrogens (tertiary/aromatic N) is 4. The Hall–Kier alpha value is -1.69. The fourth-order valence-corrected chi connectivity index (χ4v) is 4.37. The smallest absolute Gasteiger partial charge is 0.263 e. The average molecular weight is 332 g/mol. The van der Waals surface area contributed by atoms with Gasteiger partial charge in [0.2, 0.25) is 0 Å². The van der Waals surface area contributed by atoms with Crippen LogP contribution in [-0.2, 0) is 13.5 Å². The first-order chi connectivity index (χ1) is 11.1. The maximum absolute atomic E-state index is 12.9. The van der Waals surface area contributed by atoms with E-state index >= 15 is 0 Å². The molecule has 0 aliphatic carbocycles. The third-order valence-corrected chi connectivity index (χ3v) is 5.65. The second kappa shape index (κ2) is 6.83. The van der Waals surface area contributed by atoms with E-state index in [0.717, 1.165) is 49.5 Å². The van der Waals surface area contributed by atoms with Crippen LogP contribution in [0.3, 0.4) is 0 Å². The van der Waals surface area contributed by atoms with Crippen LogP contribution in [0.15, 0.2) is 12.4 Å². The molecule has 3 heterocycles. The lowest BCUT2D eigenvalue weighted by Gasteiger charge is -2.31. The molecule has 23 heavy (non-hydrogen) atoms. The monoisotopic (exact) mass is 332 g/mol. The number of rotatable bonds is 4. The van der Waals surface area contributed by atoms with Crippen LogP contribution in [0, 0.1) is 6.92 Å². The minimum absolute atomic E-state index is 0.173. The summed E-state index contributed by atoms with van der Waals surface area (Å²) in [5.41, 5.74) is 1.32. The minimum atomic E-state index is 0.173. The first-order valence-corrected chi connectivity index (χ1v) is 9.14. The molecule has 3 rings (SSSR count). The zero-order valence-corrected chi connectivity index (χ0v) is 14.9. The molecule has 1 amide bonds. The summed E-state index contributed by atoms with van der Waals surface area (Å²) in [7, 11) is 1.97. The summed E-state index contributed by atoms with van der Waals surface area (Å²) in [4.78, 5) is 17.0. The van der Waals surface area contributed by atoms with E-state index < -0.39 is 0 Å². The highest BCUT2D eigenvalue weighted by atomic mass is 32.1. The van der Waals surface area contributed by atoms with Gasteiger partial charge in [0.1, 0.15) is 12.2 Å². The van der Waals surface area contributed by atoms with Crippen molar-refractivity contribution in [2.75, 3.05) is 13.1 Å². The van der Waals surface area contributed by atoms with Crippen molar-refractivity contribution in [3.63, 3.8) is 0 Å². The Kier molecular flexibility index (Phi) is 4.80. The maximum atomic E-state index is 12.9. The average Bonchev–Trinajstić information content (AvgIpc) is 3.14. The number of hydrogen-bond donors (Lipinski definition) is 0. The molecule has 0 spiro atoms. The molecule has 0 saturated carbocycles. The maximum Gasteiger partial charge on any atom is 0.263 e. The van der Waals surface area contributed by atoms with Crippen molar-refractivity contribution < 1.29 is 4.79 Å². The first-order valence-electron chi connectivity index (χ1n) is 8.32. The van der Waals surface area contributed by atoms with E-state index in [1.54, 1.807) is 17.7 Å². The Bertz CT molecular complexity index is 691. The van der Waals surface area contributed by atoms with Crippen molar-refractivity contribution in [1.29, 1.82) is 0 Å². The molecule has 0 aromatic carbocycles. The molecule has 5 nitrogen and oxygen atoms in total. The van der Waals surface area contributed by atoms with E-state index in [1.807, 2.05) is 16.5 Å². The van der Waals surface area contributed by atoms with Crippen molar-refractivity contribution in [2.24, 2.45) is 7.05 Å². The number of piperidine rings is 1. The standard InChI is InChI=1S/C17H24N4OS/c1-4-6-13-9-15(23-12(13)2)17(22)21-8-5-7-14(10-21)16-19-18-11-20(16)3/h9,11,14H,4-8,10H2,1-3H3/t14-/m0/s1. The lowest BCUT2D eigenvalue weighted by Crippen LogP contribution is -2.39. The van der Waals surface area contributed by atoms with Crippen molar-refractivity contribution in [3.8, 4) is 0 Å². The van der Waals surface area contributed by atoms with Crippen LogP contribution in [0.1, 0.15) is 58.0 Å². The Morgan fingerprint density at radius 2 is 2.30 bits per heavy atom. The first kappa shape index (κ1) is 16.2. The summed E-state index contributed by atoms with van der Waals surface area (Å²) >= 11 is 1.63. The van der Waals surface area contributed by atoms with Gasteiger partial charge in [-0.25, -0.2) is 0 Å². The highest BCUT2D eigenvalue weighted by Gasteiger charge is 2.28. The van der Waals surface area contributed by atoms with Gasteiger partial charge in [0, 0.05) is 30.9 Å². The zero-order valence-electron chi connectivity index (χ0n) is 14.1.